The quantitative estimate of drug-likeness (QED) is 0.748. The molecule has 1 amide bonds. The Balaban J connectivity index is 1.50. The fourth-order valence-corrected chi connectivity index (χ4v) is 4.76. The molecule has 8 heteroatoms. The number of hydrogen-bond acceptors (Lipinski definition) is 4. The fraction of sp³-hybridized carbons (Fsp3) is 0.263. The van der Waals surface area contributed by atoms with E-state index in [9.17, 15) is 13.2 Å². The highest BCUT2D eigenvalue weighted by Crippen LogP contribution is 2.23. The van der Waals surface area contributed by atoms with E-state index in [-0.39, 0.29) is 23.9 Å². The molecule has 1 N–H and O–H groups in total. The molecule has 1 fully saturated rings. The highest BCUT2D eigenvalue weighted by molar-refractivity contribution is 7.89. The minimum atomic E-state index is -3.59. The Morgan fingerprint density at radius 1 is 1.00 bits per heavy atom. The molecule has 0 bridgehead atoms. The summed E-state index contributed by atoms with van der Waals surface area (Å²) in [5.41, 5.74) is 1.18. The second-order valence-corrected chi connectivity index (χ2v) is 8.58. The largest absolute Gasteiger partial charge is 0.335 e. The van der Waals surface area contributed by atoms with Crippen LogP contribution in [0.3, 0.4) is 0 Å². The SMILES string of the molecule is Cc1cc(C(=O)N2CCN(S(=O)(=O)c3ccc4ccccc4c3)CC2)n[nH]1. The minimum absolute atomic E-state index is 0.179. The van der Waals surface area contributed by atoms with Gasteiger partial charge in [-0.2, -0.15) is 9.40 Å². The number of piperazine rings is 1. The summed E-state index contributed by atoms with van der Waals surface area (Å²) in [6, 6.07) is 14.5. The Bertz CT molecular complexity index is 1100. The average molecular weight is 384 g/mol. The van der Waals surface area contributed by atoms with Crippen LogP contribution in [0.5, 0.6) is 0 Å². The smallest absolute Gasteiger partial charge is 0.274 e. The van der Waals surface area contributed by atoms with Gasteiger partial charge in [-0.05, 0) is 35.9 Å². The van der Waals surface area contributed by atoms with Crippen molar-refractivity contribution in [2.24, 2.45) is 0 Å². The summed E-state index contributed by atoms with van der Waals surface area (Å²) in [6.45, 7) is 3.06. The Labute approximate surface area is 157 Å². The van der Waals surface area contributed by atoms with Crippen molar-refractivity contribution < 1.29 is 13.2 Å². The minimum Gasteiger partial charge on any atom is -0.335 e. The van der Waals surface area contributed by atoms with E-state index in [0.29, 0.717) is 18.8 Å². The molecule has 0 saturated carbocycles. The number of sulfonamides is 1. The van der Waals surface area contributed by atoms with E-state index in [1.54, 1.807) is 23.1 Å². The summed E-state index contributed by atoms with van der Waals surface area (Å²) in [7, 11) is -3.59. The van der Waals surface area contributed by atoms with Crippen molar-refractivity contribution in [2.75, 3.05) is 26.2 Å². The molecule has 0 radical (unpaired) electrons. The number of H-pyrrole nitrogens is 1. The van der Waals surface area contributed by atoms with Crippen LogP contribution in [0.25, 0.3) is 10.8 Å². The molecule has 7 nitrogen and oxygen atoms in total. The first-order chi connectivity index (χ1) is 12.9. The van der Waals surface area contributed by atoms with E-state index in [1.807, 2.05) is 37.3 Å². The number of nitrogens with one attached hydrogen (secondary N) is 1. The molecule has 0 aliphatic carbocycles. The molecule has 1 saturated heterocycles. The number of nitrogens with zero attached hydrogens (tertiary/aromatic N) is 3. The fourth-order valence-electron chi connectivity index (χ4n) is 3.30. The predicted molar refractivity (Wildman–Crippen MR) is 102 cm³/mol. The molecule has 140 valence electrons. The Hall–Kier alpha value is -2.71. The van der Waals surface area contributed by atoms with Crippen LogP contribution in [-0.4, -0.2) is 59.9 Å². The van der Waals surface area contributed by atoms with Crippen molar-refractivity contribution in [1.29, 1.82) is 0 Å². The number of benzene rings is 2. The molecule has 4 rings (SSSR count). The average Bonchev–Trinajstić information content (AvgIpc) is 3.13. The Morgan fingerprint density at radius 2 is 1.70 bits per heavy atom. The van der Waals surface area contributed by atoms with E-state index in [0.717, 1.165) is 16.5 Å². The molecule has 3 aromatic rings. The van der Waals surface area contributed by atoms with Crippen LogP contribution in [0.2, 0.25) is 0 Å². The first-order valence-electron chi connectivity index (χ1n) is 8.75. The second kappa shape index (κ2) is 6.79. The third kappa shape index (κ3) is 3.33. The van der Waals surface area contributed by atoms with Gasteiger partial charge in [0.05, 0.1) is 4.90 Å². The van der Waals surface area contributed by atoms with Gasteiger partial charge in [0.15, 0.2) is 0 Å². The van der Waals surface area contributed by atoms with E-state index in [2.05, 4.69) is 10.2 Å². The lowest BCUT2D eigenvalue weighted by atomic mass is 10.1. The highest BCUT2D eigenvalue weighted by Gasteiger charge is 2.31. The first kappa shape index (κ1) is 17.7. The number of aromatic amines is 1. The molecule has 27 heavy (non-hydrogen) atoms. The second-order valence-electron chi connectivity index (χ2n) is 6.64. The number of fused-ring (bicyclic) bond motifs is 1. The lowest BCUT2D eigenvalue weighted by molar-refractivity contribution is 0.0692. The van der Waals surface area contributed by atoms with Crippen LogP contribution in [0.15, 0.2) is 53.4 Å². The number of rotatable bonds is 3. The standard InChI is InChI=1S/C19H20N4O3S/c1-14-12-18(21-20-14)19(24)22-8-10-23(11-9-22)27(25,26)17-7-6-15-4-2-3-5-16(15)13-17/h2-7,12-13H,8-11H2,1H3,(H,20,21). The molecule has 0 atom stereocenters. The van der Waals surface area contributed by atoms with Gasteiger partial charge in [-0.15, -0.1) is 0 Å². The van der Waals surface area contributed by atoms with Crippen LogP contribution < -0.4 is 0 Å². The predicted octanol–water partition coefficient (Wildman–Crippen LogP) is 2.02. The highest BCUT2D eigenvalue weighted by atomic mass is 32.2. The Kier molecular flexibility index (Phi) is 4.45. The molecule has 2 aromatic carbocycles. The maximum absolute atomic E-state index is 13.0. The molecule has 0 unspecified atom stereocenters. The topological polar surface area (TPSA) is 86.4 Å². The van der Waals surface area contributed by atoms with E-state index in [4.69, 9.17) is 0 Å². The van der Waals surface area contributed by atoms with Crippen molar-refractivity contribution in [2.45, 2.75) is 11.8 Å². The third-order valence-electron chi connectivity index (χ3n) is 4.81. The van der Waals surface area contributed by atoms with Gasteiger partial charge in [0.1, 0.15) is 5.69 Å². The summed E-state index contributed by atoms with van der Waals surface area (Å²) in [5.74, 6) is -0.179. The van der Waals surface area contributed by atoms with Gasteiger partial charge in [-0.3, -0.25) is 9.89 Å². The van der Waals surface area contributed by atoms with Crippen molar-refractivity contribution in [1.82, 2.24) is 19.4 Å². The first-order valence-corrected chi connectivity index (χ1v) is 10.2. The normalized spacial score (nSPS) is 16.0. The molecule has 1 aromatic heterocycles. The number of carbonyl (C=O) groups is 1. The molecule has 1 aliphatic rings. The molecule has 0 spiro atoms. The zero-order valence-corrected chi connectivity index (χ0v) is 15.7. The monoisotopic (exact) mass is 384 g/mol. The summed E-state index contributed by atoms with van der Waals surface area (Å²) < 4.78 is 27.4. The van der Waals surface area contributed by atoms with Gasteiger partial charge < -0.3 is 4.90 Å². The number of aromatic nitrogens is 2. The van der Waals surface area contributed by atoms with Crippen molar-refractivity contribution in [3.05, 3.63) is 59.9 Å². The van der Waals surface area contributed by atoms with Crippen LogP contribution in [0, 0.1) is 6.92 Å². The summed E-state index contributed by atoms with van der Waals surface area (Å²) in [4.78, 5) is 14.4. The maximum Gasteiger partial charge on any atom is 0.274 e. The third-order valence-corrected chi connectivity index (χ3v) is 6.70. The summed E-state index contributed by atoms with van der Waals surface area (Å²) >= 11 is 0. The van der Waals surface area contributed by atoms with Gasteiger partial charge in [0, 0.05) is 31.9 Å². The van der Waals surface area contributed by atoms with Crippen LogP contribution in [0.1, 0.15) is 16.2 Å². The number of hydrogen-bond donors (Lipinski definition) is 1. The van der Waals surface area contributed by atoms with Crippen molar-refractivity contribution in [3.63, 3.8) is 0 Å². The van der Waals surface area contributed by atoms with Gasteiger partial charge in [-0.1, -0.05) is 30.3 Å². The number of carbonyl (C=O) groups excluding carboxylic acids is 1. The van der Waals surface area contributed by atoms with Gasteiger partial charge in [0.25, 0.3) is 5.91 Å². The van der Waals surface area contributed by atoms with Crippen molar-refractivity contribution in [3.8, 4) is 0 Å². The number of amides is 1. The lowest BCUT2D eigenvalue weighted by Crippen LogP contribution is -2.50. The van der Waals surface area contributed by atoms with E-state index in [1.165, 1.54) is 4.31 Å². The summed E-state index contributed by atoms with van der Waals surface area (Å²) in [6.07, 6.45) is 0. The van der Waals surface area contributed by atoms with Gasteiger partial charge in [-0.25, -0.2) is 8.42 Å². The van der Waals surface area contributed by atoms with Crippen molar-refractivity contribution >= 4 is 26.7 Å². The lowest BCUT2D eigenvalue weighted by Gasteiger charge is -2.33. The van der Waals surface area contributed by atoms with Crippen LogP contribution >= 0.6 is 0 Å². The van der Waals surface area contributed by atoms with E-state index < -0.39 is 10.0 Å². The zero-order valence-electron chi connectivity index (χ0n) is 14.9. The van der Waals surface area contributed by atoms with Gasteiger partial charge in [0.2, 0.25) is 10.0 Å². The molecule has 2 heterocycles. The molecular weight excluding hydrogens is 364 g/mol. The molecule has 1 aliphatic heterocycles. The maximum atomic E-state index is 13.0. The van der Waals surface area contributed by atoms with Crippen LogP contribution in [0.4, 0.5) is 0 Å². The molecular formula is C19H20N4O3S. The zero-order chi connectivity index (χ0) is 19.0. The Morgan fingerprint density at radius 3 is 2.37 bits per heavy atom. The van der Waals surface area contributed by atoms with Crippen LogP contribution in [-0.2, 0) is 10.0 Å². The van der Waals surface area contributed by atoms with Gasteiger partial charge >= 0.3 is 0 Å². The summed E-state index contributed by atoms with van der Waals surface area (Å²) in [5, 5.41) is 8.63. The number of aryl methyl sites for hydroxylation is 1. The van der Waals surface area contributed by atoms with E-state index >= 15 is 0 Å².